The van der Waals surface area contributed by atoms with Gasteiger partial charge in [-0.15, -0.1) is 0 Å². The summed E-state index contributed by atoms with van der Waals surface area (Å²) in [6.45, 7) is 3.76. The average molecular weight is 380 g/mol. The normalized spacial score (nSPS) is 17.9. The highest BCUT2D eigenvalue weighted by Crippen LogP contribution is 2.26. The van der Waals surface area contributed by atoms with E-state index in [1.54, 1.807) is 11.8 Å². The van der Waals surface area contributed by atoms with Gasteiger partial charge in [-0.3, -0.25) is 4.90 Å². The molecule has 0 N–H and O–H groups in total. The molecule has 0 saturated carbocycles. The molecule has 4 nitrogen and oxygen atoms in total. The maximum Gasteiger partial charge on any atom is 0.168 e. The fourth-order valence-electron chi connectivity index (χ4n) is 3.44. The molecular weight excluding hydrogens is 354 g/mol. The highest BCUT2D eigenvalue weighted by atomic mass is 32.2. The van der Waals surface area contributed by atoms with Crippen molar-refractivity contribution in [1.82, 2.24) is 14.5 Å². The summed E-state index contributed by atoms with van der Waals surface area (Å²) in [6, 6.07) is 21.1. The van der Waals surface area contributed by atoms with Crippen LogP contribution < -0.4 is 0 Å². The Morgan fingerprint density at radius 3 is 2.59 bits per heavy atom. The van der Waals surface area contributed by atoms with Crippen LogP contribution >= 0.6 is 11.8 Å². The van der Waals surface area contributed by atoms with Gasteiger partial charge in [0.1, 0.15) is 0 Å². The van der Waals surface area contributed by atoms with Crippen molar-refractivity contribution in [1.29, 1.82) is 0 Å². The lowest BCUT2D eigenvalue weighted by Crippen LogP contribution is -2.43. The van der Waals surface area contributed by atoms with Crippen molar-refractivity contribution < 1.29 is 4.74 Å². The summed E-state index contributed by atoms with van der Waals surface area (Å²) in [7, 11) is 2.08. The second kappa shape index (κ2) is 8.74. The Hall–Kier alpha value is -2.08. The average Bonchev–Trinajstić information content (AvgIpc) is 3.09. The van der Waals surface area contributed by atoms with Gasteiger partial charge in [0.2, 0.25) is 0 Å². The Morgan fingerprint density at radius 2 is 1.81 bits per heavy atom. The van der Waals surface area contributed by atoms with Crippen LogP contribution in [0.4, 0.5) is 0 Å². The molecule has 3 aromatic rings. The molecule has 0 amide bonds. The quantitative estimate of drug-likeness (QED) is 0.604. The van der Waals surface area contributed by atoms with Crippen LogP contribution in [0.25, 0.3) is 11.3 Å². The monoisotopic (exact) mass is 379 g/mol. The zero-order chi connectivity index (χ0) is 18.5. The van der Waals surface area contributed by atoms with E-state index in [1.165, 1.54) is 11.1 Å². The minimum atomic E-state index is 0.240. The van der Waals surface area contributed by atoms with Gasteiger partial charge >= 0.3 is 0 Å². The summed E-state index contributed by atoms with van der Waals surface area (Å²) in [5.74, 6) is 0.921. The maximum absolute atomic E-state index is 6.00. The van der Waals surface area contributed by atoms with E-state index in [0.29, 0.717) is 0 Å². The topological polar surface area (TPSA) is 30.3 Å². The van der Waals surface area contributed by atoms with Gasteiger partial charge in [0.05, 0.1) is 24.6 Å². The summed E-state index contributed by atoms with van der Waals surface area (Å²) in [4.78, 5) is 7.10. The second-order valence-corrected chi connectivity index (χ2v) is 7.86. The lowest BCUT2D eigenvalue weighted by molar-refractivity contribution is -0.0187. The van der Waals surface area contributed by atoms with Gasteiger partial charge in [-0.05, 0) is 11.1 Å². The van der Waals surface area contributed by atoms with Crippen molar-refractivity contribution in [2.45, 2.75) is 17.8 Å². The van der Waals surface area contributed by atoms with E-state index in [0.717, 1.165) is 42.8 Å². The SMILES string of the molecule is Cn1c(-c2ccccc2)cnc1SC[C@H]1CN(Cc2ccccc2)CCO1. The Kier molecular flexibility index (Phi) is 5.92. The van der Waals surface area contributed by atoms with E-state index in [9.17, 15) is 0 Å². The van der Waals surface area contributed by atoms with Crippen LogP contribution in [-0.2, 0) is 18.3 Å². The van der Waals surface area contributed by atoms with Crippen molar-refractivity contribution in [3.63, 3.8) is 0 Å². The minimum Gasteiger partial charge on any atom is -0.375 e. The lowest BCUT2D eigenvalue weighted by atomic mass is 10.2. The number of imidazole rings is 1. The molecular formula is C22H25N3OS. The molecule has 1 atom stereocenters. The first-order chi connectivity index (χ1) is 13.3. The first-order valence-electron chi connectivity index (χ1n) is 9.37. The van der Waals surface area contributed by atoms with E-state index in [-0.39, 0.29) is 6.10 Å². The number of hydrogen-bond acceptors (Lipinski definition) is 4. The number of thioether (sulfide) groups is 1. The maximum atomic E-state index is 6.00. The molecule has 140 valence electrons. The van der Waals surface area contributed by atoms with Crippen LogP contribution in [0.5, 0.6) is 0 Å². The van der Waals surface area contributed by atoms with Crippen molar-refractivity contribution >= 4 is 11.8 Å². The van der Waals surface area contributed by atoms with Crippen LogP contribution in [0.3, 0.4) is 0 Å². The molecule has 1 aliphatic rings. The highest BCUT2D eigenvalue weighted by molar-refractivity contribution is 7.99. The third-order valence-electron chi connectivity index (χ3n) is 4.89. The van der Waals surface area contributed by atoms with Gasteiger partial charge in [0.15, 0.2) is 5.16 Å². The number of morpholine rings is 1. The number of ether oxygens (including phenoxy) is 1. The molecule has 1 fully saturated rings. The van der Waals surface area contributed by atoms with Gasteiger partial charge in [0, 0.05) is 32.4 Å². The highest BCUT2D eigenvalue weighted by Gasteiger charge is 2.21. The molecule has 0 spiro atoms. The Balaban J connectivity index is 1.34. The molecule has 1 aromatic heterocycles. The fourth-order valence-corrected chi connectivity index (χ4v) is 4.39. The molecule has 4 rings (SSSR count). The van der Waals surface area contributed by atoms with E-state index >= 15 is 0 Å². The van der Waals surface area contributed by atoms with Gasteiger partial charge in [-0.1, -0.05) is 72.4 Å². The van der Waals surface area contributed by atoms with Gasteiger partial charge in [-0.25, -0.2) is 4.98 Å². The molecule has 0 bridgehead atoms. The molecule has 5 heteroatoms. The van der Waals surface area contributed by atoms with Crippen molar-refractivity contribution in [2.24, 2.45) is 7.05 Å². The van der Waals surface area contributed by atoms with E-state index in [1.807, 2.05) is 12.3 Å². The third-order valence-corrected chi connectivity index (χ3v) is 6.06. The number of aromatic nitrogens is 2. The molecule has 0 radical (unpaired) electrons. The molecule has 0 aliphatic carbocycles. The predicted molar refractivity (Wildman–Crippen MR) is 111 cm³/mol. The standard InChI is InChI=1S/C22H25N3OS/c1-24-21(19-10-6-3-7-11-19)14-23-22(24)27-17-20-16-25(12-13-26-20)15-18-8-4-2-5-9-18/h2-11,14,20H,12-13,15-17H2,1H3/t20-/m1/s1. The van der Waals surface area contributed by atoms with Crippen LogP contribution in [0.15, 0.2) is 72.0 Å². The van der Waals surface area contributed by atoms with Gasteiger partial charge in [-0.2, -0.15) is 0 Å². The molecule has 0 unspecified atom stereocenters. The smallest absolute Gasteiger partial charge is 0.168 e. The number of rotatable bonds is 6. The summed E-state index contributed by atoms with van der Waals surface area (Å²) in [5.41, 5.74) is 3.71. The first-order valence-corrected chi connectivity index (χ1v) is 10.4. The largest absolute Gasteiger partial charge is 0.375 e. The second-order valence-electron chi connectivity index (χ2n) is 6.88. The Morgan fingerprint density at radius 1 is 1.07 bits per heavy atom. The zero-order valence-electron chi connectivity index (χ0n) is 15.6. The van der Waals surface area contributed by atoms with Crippen LogP contribution in [0.2, 0.25) is 0 Å². The van der Waals surface area contributed by atoms with Crippen molar-refractivity contribution in [3.8, 4) is 11.3 Å². The van der Waals surface area contributed by atoms with Gasteiger partial charge in [0.25, 0.3) is 0 Å². The molecule has 1 aliphatic heterocycles. The predicted octanol–water partition coefficient (Wildman–Crippen LogP) is 4.08. The fraction of sp³-hybridized carbons (Fsp3) is 0.318. The molecule has 2 heterocycles. The lowest BCUT2D eigenvalue weighted by Gasteiger charge is -2.32. The van der Waals surface area contributed by atoms with Crippen molar-refractivity contribution in [2.75, 3.05) is 25.4 Å². The van der Waals surface area contributed by atoms with Crippen molar-refractivity contribution in [3.05, 3.63) is 72.4 Å². The third kappa shape index (κ3) is 4.61. The van der Waals surface area contributed by atoms with E-state index in [4.69, 9.17) is 4.74 Å². The summed E-state index contributed by atoms with van der Waals surface area (Å²) in [5, 5.41) is 1.04. The molecule has 27 heavy (non-hydrogen) atoms. The Labute approximate surface area is 165 Å². The van der Waals surface area contributed by atoms with Crippen LogP contribution in [0.1, 0.15) is 5.56 Å². The summed E-state index contributed by atoms with van der Waals surface area (Å²) in [6.07, 6.45) is 2.20. The molecule has 1 saturated heterocycles. The Bertz CT molecular complexity index is 851. The first kappa shape index (κ1) is 18.3. The number of nitrogens with zero attached hydrogens (tertiary/aromatic N) is 3. The van der Waals surface area contributed by atoms with Crippen LogP contribution in [0, 0.1) is 0 Å². The zero-order valence-corrected chi connectivity index (χ0v) is 16.4. The minimum absolute atomic E-state index is 0.240. The molecule has 2 aromatic carbocycles. The van der Waals surface area contributed by atoms with Gasteiger partial charge < -0.3 is 9.30 Å². The number of benzene rings is 2. The van der Waals surface area contributed by atoms with Crippen LogP contribution in [-0.4, -0.2) is 46.0 Å². The van der Waals surface area contributed by atoms with E-state index in [2.05, 4.69) is 76.1 Å². The number of hydrogen-bond donors (Lipinski definition) is 0. The summed E-state index contributed by atoms with van der Waals surface area (Å²) >= 11 is 1.78. The summed E-state index contributed by atoms with van der Waals surface area (Å²) < 4.78 is 8.17. The van der Waals surface area contributed by atoms with E-state index < -0.39 is 0 Å².